The molecule has 1 heterocycles. The number of likely N-dealkylation sites (N-methyl/N-ethyl adjacent to an activating group) is 1. The molecule has 21 heavy (non-hydrogen) atoms. The van der Waals surface area contributed by atoms with Crippen molar-refractivity contribution in [3.8, 4) is 0 Å². The molecule has 1 aromatic carbocycles. The highest BCUT2D eigenvalue weighted by Crippen LogP contribution is 2.29. The topological polar surface area (TPSA) is 32.3 Å². The molecule has 1 fully saturated rings. The van der Waals surface area contributed by atoms with Crippen molar-refractivity contribution in [1.82, 2.24) is 10.2 Å². The highest BCUT2D eigenvalue weighted by Gasteiger charge is 2.37. The van der Waals surface area contributed by atoms with Gasteiger partial charge in [0, 0.05) is 24.7 Å². The summed E-state index contributed by atoms with van der Waals surface area (Å²) in [4.78, 5) is 14.6. The Balaban J connectivity index is 0.00000220. The van der Waals surface area contributed by atoms with Gasteiger partial charge >= 0.3 is 0 Å². The molecule has 3 nitrogen and oxygen atoms in total. The second-order valence-electron chi connectivity index (χ2n) is 5.98. The highest BCUT2D eigenvalue weighted by atomic mass is 35.5. The van der Waals surface area contributed by atoms with Crippen LogP contribution in [0.15, 0.2) is 24.3 Å². The largest absolute Gasteiger partial charge is 0.340 e. The summed E-state index contributed by atoms with van der Waals surface area (Å²) in [7, 11) is 1.92. The molecule has 1 saturated heterocycles. The minimum absolute atomic E-state index is 0. The summed E-state index contributed by atoms with van der Waals surface area (Å²) in [5, 5.41) is 3.22. The van der Waals surface area contributed by atoms with Gasteiger partial charge in [-0.25, -0.2) is 4.39 Å². The van der Waals surface area contributed by atoms with Gasteiger partial charge in [0.15, 0.2) is 0 Å². The molecule has 1 aromatic rings. The Morgan fingerprint density at radius 2 is 2.05 bits per heavy atom. The van der Waals surface area contributed by atoms with Crippen LogP contribution in [0.5, 0.6) is 0 Å². The van der Waals surface area contributed by atoms with Crippen LogP contribution >= 0.6 is 12.4 Å². The van der Waals surface area contributed by atoms with Crippen molar-refractivity contribution in [2.24, 2.45) is 0 Å². The van der Waals surface area contributed by atoms with Crippen LogP contribution in [0.4, 0.5) is 4.39 Å². The van der Waals surface area contributed by atoms with Crippen molar-refractivity contribution in [3.05, 3.63) is 35.6 Å². The molecule has 1 aliphatic rings. The number of hydrogen-bond acceptors (Lipinski definition) is 2. The molecule has 0 spiro atoms. The van der Waals surface area contributed by atoms with E-state index in [-0.39, 0.29) is 24.1 Å². The summed E-state index contributed by atoms with van der Waals surface area (Å²) in [6, 6.07) is 6.88. The molecule has 0 radical (unpaired) electrons. The molecule has 1 unspecified atom stereocenters. The van der Waals surface area contributed by atoms with Gasteiger partial charge in [0.05, 0.1) is 5.41 Å². The van der Waals surface area contributed by atoms with Crippen molar-refractivity contribution in [1.29, 1.82) is 0 Å². The van der Waals surface area contributed by atoms with Crippen LogP contribution < -0.4 is 5.32 Å². The number of carbonyl (C=O) groups excluding carboxylic acids is 1. The fourth-order valence-corrected chi connectivity index (χ4v) is 2.88. The number of benzene rings is 1. The zero-order valence-corrected chi connectivity index (χ0v) is 13.7. The molecular weight excluding hydrogens is 291 g/mol. The first-order valence-electron chi connectivity index (χ1n) is 7.18. The predicted molar refractivity (Wildman–Crippen MR) is 85.3 cm³/mol. The summed E-state index contributed by atoms with van der Waals surface area (Å²) >= 11 is 0. The normalized spacial score (nSPS) is 19.0. The monoisotopic (exact) mass is 314 g/mol. The quantitative estimate of drug-likeness (QED) is 0.930. The van der Waals surface area contributed by atoms with Crippen LogP contribution in [-0.4, -0.2) is 37.0 Å². The number of amides is 1. The van der Waals surface area contributed by atoms with Crippen LogP contribution in [0.1, 0.15) is 32.3 Å². The van der Waals surface area contributed by atoms with Crippen molar-refractivity contribution < 1.29 is 9.18 Å². The Labute approximate surface area is 132 Å². The molecule has 0 saturated carbocycles. The third-order valence-electron chi connectivity index (χ3n) is 4.20. The smallest absolute Gasteiger partial charge is 0.232 e. The maximum atomic E-state index is 14.0. The second kappa shape index (κ2) is 7.23. The van der Waals surface area contributed by atoms with Gasteiger partial charge in [-0.1, -0.05) is 18.2 Å². The summed E-state index contributed by atoms with van der Waals surface area (Å²) in [5.41, 5.74) is -0.363. The van der Waals surface area contributed by atoms with Crippen molar-refractivity contribution in [2.45, 2.75) is 38.1 Å². The molecular formula is C16H24ClFN2O. The molecule has 1 amide bonds. The number of piperidine rings is 1. The first-order chi connectivity index (χ1) is 9.46. The lowest BCUT2D eigenvalue weighted by Gasteiger charge is -2.37. The van der Waals surface area contributed by atoms with Crippen LogP contribution in [0, 0.1) is 5.82 Å². The first-order valence-corrected chi connectivity index (χ1v) is 7.18. The third-order valence-corrected chi connectivity index (χ3v) is 4.20. The summed E-state index contributed by atoms with van der Waals surface area (Å²) in [6.07, 6.45) is 2.07. The van der Waals surface area contributed by atoms with Gasteiger partial charge in [-0.15, -0.1) is 12.4 Å². The first kappa shape index (κ1) is 17.9. The minimum Gasteiger partial charge on any atom is -0.340 e. The van der Waals surface area contributed by atoms with Crippen LogP contribution in [0.2, 0.25) is 0 Å². The molecule has 1 atom stereocenters. The standard InChI is InChI=1S/C16H23FN2O.ClH/c1-16(2,13-8-4-5-9-14(13)17)15(20)19-10-6-7-12(11-19)18-3;/h4-5,8-9,12,18H,6-7,10-11H2,1-3H3;1H. The van der Waals surface area contributed by atoms with Gasteiger partial charge in [0.2, 0.25) is 5.91 Å². The molecule has 118 valence electrons. The lowest BCUT2D eigenvalue weighted by molar-refractivity contribution is -0.137. The molecule has 0 aromatic heterocycles. The van der Waals surface area contributed by atoms with E-state index < -0.39 is 5.41 Å². The highest BCUT2D eigenvalue weighted by molar-refractivity contribution is 5.87. The maximum absolute atomic E-state index is 14.0. The van der Waals surface area contributed by atoms with Gasteiger partial charge in [-0.05, 0) is 39.8 Å². The lowest BCUT2D eigenvalue weighted by atomic mass is 9.82. The molecule has 1 aliphatic heterocycles. The summed E-state index contributed by atoms with van der Waals surface area (Å²) < 4.78 is 14.0. The average molecular weight is 315 g/mol. The maximum Gasteiger partial charge on any atom is 0.232 e. The summed E-state index contributed by atoms with van der Waals surface area (Å²) in [6.45, 7) is 5.07. The Morgan fingerprint density at radius 3 is 2.67 bits per heavy atom. The number of hydrogen-bond donors (Lipinski definition) is 1. The van der Waals surface area contributed by atoms with Crippen molar-refractivity contribution in [3.63, 3.8) is 0 Å². The Kier molecular flexibility index (Phi) is 6.17. The van der Waals surface area contributed by atoms with E-state index in [0.29, 0.717) is 18.2 Å². The molecule has 0 bridgehead atoms. The zero-order valence-electron chi connectivity index (χ0n) is 12.9. The lowest BCUT2D eigenvalue weighted by Crippen LogP contribution is -2.52. The second-order valence-corrected chi connectivity index (χ2v) is 5.98. The predicted octanol–water partition coefficient (Wildman–Crippen LogP) is 2.74. The van der Waals surface area contributed by atoms with E-state index in [1.54, 1.807) is 32.0 Å². The van der Waals surface area contributed by atoms with Gasteiger partial charge in [0.25, 0.3) is 0 Å². The van der Waals surface area contributed by atoms with E-state index in [1.165, 1.54) is 6.07 Å². The number of rotatable bonds is 3. The molecule has 5 heteroatoms. The van der Waals surface area contributed by atoms with Gasteiger partial charge < -0.3 is 10.2 Å². The van der Waals surface area contributed by atoms with Crippen molar-refractivity contribution >= 4 is 18.3 Å². The van der Waals surface area contributed by atoms with E-state index in [1.807, 2.05) is 11.9 Å². The number of likely N-dealkylation sites (tertiary alicyclic amines) is 1. The minimum atomic E-state index is -0.832. The summed E-state index contributed by atoms with van der Waals surface area (Å²) in [5.74, 6) is -0.310. The average Bonchev–Trinajstić information content (AvgIpc) is 2.46. The van der Waals surface area contributed by atoms with Crippen LogP contribution in [0.3, 0.4) is 0 Å². The van der Waals surface area contributed by atoms with E-state index in [9.17, 15) is 9.18 Å². The van der Waals surface area contributed by atoms with E-state index in [2.05, 4.69) is 5.32 Å². The fraction of sp³-hybridized carbons (Fsp3) is 0.562. The van der Waals surface area contributed by atoms with E-state index in [4.69, 9.17) is 0 Å². The van der Waals surface area contributed by atoms with Crippen LogP contribution in [-0.2, 0) is 10.2 Å². The molecule has 0 aliphatic carbocycles. The van der Waals surface area contributed by atoms with E-state index in [0.717, 1.165) is 19.4 Å². The number of nitrogens with zero attached hydrogens (tertiary/aromatic N) is 1. The van der Waals surface area contributed by atoms with E-state index >= 15 is 0 Å². The third kappa shape index (κ3) is 3.74. The van der Waals surface area contributed by atoms with Crippen LogP contribution in [0.25, 0.3) is 0 Å². The number of halogens is 2. The SMILES string of the molecule is CNC1CCCN(C(=O)C(C)(C)c2ccccc2F)C1.Cl. The van der Waals surface area contributed by atoms with Gasteiger partial charge in [-0.2, -0.15) is 0 Å². The zero-order chi connectivity index (χ0) is 14.8. The number of carbonyl (C=O) groups is 1. The Morgan fingerprint density at radius 1 is 1.38 bits per heavy atom. The number of nitrogens with one attached hydrogen (secondary N) is 1. The van der Waals surface area contributed by atoms with Crippen molar-refractivity contribution in [2.75, 3.05) is 20.1 Å². The van der Waals surface area contributed by atoms with Gasteiger partial charge in [0.1, 0.15) is 5.82 Å². The van der Waals surface area contributed by atoms with Gasteiger partial charge in [-0.3, -0.25) is 4.79 Å². The molecule has 1 N–H and O–H groups in total. The Hall–Kier alpha value is -1.13. The fourth-order valence-electron chi connectivity index (χ4n) is 2.88. The molecule has 2 rings (SSSR count). The Bertz CT molecular complexity index is 493.